The molecule has 0 aliphatic heterocycles. The number of hydrogen-bond donors (Lipinski definition) is 2. The maximum Gasteiger partial charge on any atom is 2.00 e. The Kier molecular flexibility index (Phi) is 22.3. The van der Waals surface area contributed by atoms with E-state index in [1.54, 1.807) is 36.4 Å². The van der Waals surface area contributed by atoms with Crippen LogP contribution in [0.2, 0.25) is 0 Å². The molecule has 0 heterocycles. The van der Waals surface area contributed by atoms with Crippen LogP contribution in [-0.2, 0) is 33.1 Å². The minimum Gasteiger partial charge on any atom is -0.870 e. The van der Waals surface area contributed by atoms with E-state index in [9.17, 15) is 36.2 Å². The van der Waals surface area contributed by atoms with E-state index in [0.29, 0.717) is 35.5 Å². The smallest absolute Gasteiger partial charge is 0.870 e. The fraction of sp³-hybridized carbons (Fsp3) is 0.429. The van der Waals surface area contributed by atoms with Gasteiger partial charge in [0.1, 0.15) is 27.4 Å². The Morgan fingerprint density at radius 1 is 0.564 bits per heavy atom. The Morgan fingerprint density at radius 2 is 0.964 bits per heavy atom. The van der Waals surface area contributed by atoms with Gasteiger partial charge in [0.05, 0.1) is 9.79 Å². The monoisotopic (exact) mass is 822 g/mol. The van der Waals surface area contributed by atoms with Gasteiger partial charge in [0.15, 0.2) is 11.5 Å². The molecule has 4 aromatic rings. The molecular weight excluding hydrogens is 769 g/mol. The molecule has 0 radical (unpaired) electrons. The second-order valence-electron chi connectivity index (χ2n) is 13.3. The summed E-state index contributed by atoms with van der Waals surface area (Å²) in [5, 5.41) is 22.7. The number of ether oxygens (including phenoxy) is 2. The van der Waals surface area contributed by atoms with Crippen LogP contribution in [0.5, 0.6) is 34.5 Å². The quantitative estimate of drug-likeness (QED) is 0.0441. The van der Waals surface area contributed by atoms with Crippen molar-refractivity contribution in [1.82, 2.24) is 0 Å². The van der Waals surface area contributed by atoms with E-state index in [0.717, 1.165) is 50.7 Å². The van der Waals surface area contributed by atoms with E-state index in [4.69, 9.17) is 9.47 Å². The molecule has 0 unspecified atom stereocenters. The van der Waals surface area contributed by atoms with Crippen LogP contribution in [0.25, 0.3) is 0 Å². The van der Waals surface area contributed by atoms with Gasteiger partial charge in [0.2, 0.25) is 0 Å². The van der Waals surface area contributed by atoms with E-state index in [-0.39, 0.29) is 59.9 Å². The van der Waals surface area contributed by atoms with Gasteiger partial charge in [-0.25, -0.2) is 8.42 Å². The number of hydrogen-bond acceptors (Lipinski definition) is 9. The minimum absolute atomic E-state index is 0. The third kappa shape index (κ3) is 17.9. The number of rotatable bonds is 22. The molecule has 0 saturated carbocycles. The summed E-state index contributed by atoms with van der Waals surface area (Å²) in [5.74, 6) is 0.487. The molecular formula is C42H54CaO10S2. The molecule has 2 N–H and O–H groups in total. The molecule has 10 nitrogen and oxygen atoms in total. The fourth-order valence-electron chi connectivity index (χ4n) is 5.93. The molecule has 0 aliphatic carbocycles. The van der Waals surface area contributed by atoms with Crippen LogP contribution in [0.15, 0.2) is 94.7 Å². The zero-order valence-electron chi connectivity index (χ0n) is 32.1. The molecule has 0 fully saturated rings. The predicted molar refractivity (Wildman–Crippen MR) is 214 cm³/mol. The summed E-state index contributed by atoms with van der Waals surface area (Å²) in [5.41, 5.74) is 1.04. The Bertz CT molecular complexity index is 1780. The summed E-state index contributed by atoms with van der Waals surface area (Å²) in [7, 11) is -9.09. The minimum atomic E-state index is -4.69. The molecule has 296 valence electrons. The van der Waals surface area contributed by atoms with E-state index in [1.165, 1.54) is 63.5 Å². The summed E-state index contributed by atoms with van der Waals surface area (Å²) in [4.78, 5) is -0.816. The van der Waals surface area contributed by atoms with Crippen molar-refractivity contribution in [3.8, 4) is 34.5 Å². The molecule has 0 amide bonds. The van der Waals surface area contributed by atoms with E-state index >= 15 is 0 Å². The van der Waals surface area contributed by atoms with Crippen LogP contribution in [0, 0.1) is 0 Å². The Morgan fingerprint density at radius 3 is 1.40 bits per heavy atom. The van der Waals surface area contributed by atoms with E-state index < -0.39 is 30.9 Å². The second-order valence-corrected chi connectivity index (χ2v) is 16.1. The van der Waals surface area contributed by atoms with Crippen molar-refractivity contribution in [3.63, 3.8) is 0 Å². The molecule has 0 aliphatic rings. The van der Waals surface area contributed by atoms with Gasteiger partial charge in [-0.3, -0.25) is 4.55 Å². The first-order valence-electron chi connectivity index (χ1n) is 18.9. The molecule has 4 rings (SSSR count). The fourth-order valence-corrected chi connectivity index (χ4v) is 7.02. The van der Waals surface area contributed by atoms with Crippen LogP contribution in [-0.4, -0.2) is 68.8 Å². The first-order chi connectivity index (χ1) is 25.8. The molecule has 0 bridgehead atoms. The number of benzene rings is 4. The van der Waals surface area contributed by atoms with Gasteiger partial charge < -0.3 is 24.2 Å². The van der Waals surface area contributed by atoms with E-state index in [1.807, 2.05) is 24.3 Å². The summed E-state index contributed by atoms with van der Waals surface area (Å²) in [6.07, 6.45) is 16.6. The largest absolute Gasteiger partial charge is 2.00 e. The van der Waals surface area contributed by atoms with Crippen molar-refractivity contribution in [1.29, 1.82) is 0 Å². The van der Waals surface area contributed by atoms with Crippen LogP contribution < -0.4 is 14.6 Å². The third-order valence-corrected chi connectivity index (χ3v) is 10.5. The topological polar surface area (TPSA) is 173 Å². The van der Waals surface area contributed by atoms with Gasteiger partial charge in [-0.1, -0.05) is 133 Å². The van der Waals surface area contributed by atoms with Gasteiger partial charge in [-0.15, -0.1) is 0 Å². The van der Waals surface area contributed by atoms with Gasteiger partial charge in [0, 0.05) is 11.6 Å². The summed E-state index contributed by atoms with van der Waals surface area (Å²) < 4.78 is 77.9. The summed E-state index contributed by atoms with van der Waals surface area (Å²) in [6.45, 7) is 4.36. The normalized spacial score (nSPS) is 11.3. The van der Waals surface area contributed by atoms with Crippen molar-refractivity contribution in [3.05, 3.63) is 96.1 Å². The van der Waals surface area contributed by atoms with Crippen LogP contribution in [0.1, 0.15) is 115 Å². The third-order valence-electron chi connectivity index (χ3n) is 8.84. The Labute approximate surface area is 357 Å². The van der Waals surface area contributed by atoms with Crippen molar-refractivity contribution < 1.29 is 45.6 Å². The number of phenolic OH excluding ortho intramolecular Hbond substituents is 1. The van der Waals surface area contributed by atoms with Crippen molar-refractivity contribution >= 4 is 58.0 Å². The SMILES string of the molecule is CCCCCCCCCc1cc(S(=O)(=O)O)cc(O)c1Oc1ccccc1.CCCCCCCCCc1cc(S(=O)(=O)[O-])cc([O-])c1Oc1ccccc1.[Ca+2]. The average Bonchev–Trinajstić information content (AvgIpc) is 3.13. The zero-order valence-corrected chi connectivity index (χ0v) is 35.9. The zero-order chi connectivity index (χ0) is 39.4. The molecule has 13 heteroatoms. The Hall–Kier alpha value is -2.84. The maximum absolute atomic E-state index is 12.4. The standard InChI is InChI=1S/2C21H28O5S.Ca/c2*1-2-3-4-5-6-7-9-12-17-15-19(27(23,24)25)16-20(22)21(17)26-18-13-10-8-11-14-18;/h2*8,10-11,13-16,22H,2-7,9,12H2,1H3,(H,23,24,25);/q;;+2/p-2. The second kappa shape index (κ2) is 25.4. The molecule has 0 spiro atoms. The first kappa shape index (κ1) is 48.3. The van der Waals surface area contributed by atoms with Gasteiger partial charge in [-0.05, 0) is 73.7 Å². The van der Waals surface area contributed by atoms with Crippen molar-refractivity contribution in [2.45, 2.75) is 126 Å². The first-order valence-corrected chi connectivity index (χ1v) is 21.8. The summed E-state index contributed by atoms with van der Waals surface area (Å²) >= 11 is 0. The van der Waals surface area contributed by atoms with E-state index in [2.05, 4.69) is 13.8 Å². The van der Waals surface area contributed by atoms with Crippen LogP contribution in [0.3, 0.4) is 0 Å². The molecule has 55 heavy (non-hydrogen) atoms. The van der Waals surface area contributed by atoms with Gasteiger partial charge in [-0.2, -0.15) is 8.42 Å². The summed E-state index contributed by atoms with van der Waals surface area (Å²) in [6, 6.07) is 22.3. The number of unbranched alkanes of at least 4 members (excludes halogenated alkanes) is 12. The van der Waals surface area contributed by atoms with Crippen molar-refractivity contribution in [2.75, 3.05) is 0 Å². The molecule has 0 saturated heterocycles. The molecule has 0 aromatic heterocycles. The number of aromatic hydroxyl groups is 1. The van der Waals surface area contributed by atoms with Gasteiger partial charge in [0.25, 0.3) is 10.1 Å². The van der Waals surface area contributed by atoms with Crippen molar-refractivity contribution in [2.24, 2.45) is 0 Å². The van der Waals surface area contributed by atoms with Gasteiger partial charge >= 0.3 is 37.7 Å². The molecule has 4 aromatic carbocycles. The molecule has 0 atom stereocenters. The average molecular weight is 823 g/mol. The maximum atomic E-state index is 12.4. The number of para-hydroxylation sites is 2. The number of phenols is 1. The Balaban J connectivity index is 0.000000373. The van der Waals surface area contributed by atoms with Crippen LogP contribution in [0.4, 0.5) is 0 Å². The number of aryl methyl sites for hydroxylation is 2. The van der Waals surface area contributed by atoms with Crippen LogP contribution >= 0.6 is 0 Å². The predicted octanol–water partition coefficient (Wildman–Crippen LogP) is 10.1.